The van der Waals surface area contributed by atoms with Gasteiger partial charge in [0.05, 0.1) is 5.69 Å². The van der Waals surface area contributed by atoms with Crippen molar-refractivity contribution in [3.63, 3.8) is 0 Å². The van der Waals surface area contributed by atoms with Crippen molar-refractivity contribution in [1.29, 1.82) is 5.26 Å². The van der Waals surface area contributed by atoms with E-state index in [1.807, 2.05) is 0 Å². The Morgan fingerprint density at radius 2 is 1.85 bits per heavy atom. The van der Waals surface area contributed by atoms with Crippen LogP contribution in [0, 0.1) is 23.0 Å². The molecule has 142 valence electrons. The molecule has 0 aliphatic carbocycles. The molecular weight excluding hydrogens is 369 g/mol. The monoisotopic (exact) mass is 383 g/mol. The zero-order chi connectivity index (χ0) is 19.8. The summed E-state index contributed by atoms with van der Waals surface area (Å²) in [5, 5.41) is 11.4. The minimum atomic E-state index is -4.42. The predicted octanol–water partition coefficient (Wildman–Crippen LogP) is 3.87. The van der Waals surface area contributed by atoms with Crippen molar-refractivity contribution in [2.24, 2.45) is 0 Å². The number of nitrogens with one attached hydrogen (secondary N) is 1. The highest BCUT2D eigenvalue weighted by Gasteiger charge is 2.46. The molecule has 0 bridgehead atoms. The molecule has 1 atom stereocenters. The second-order valence-electron chi connectivity index (χ2n) is 6.00. The normalized spacial score (nSPS) is 17.1. The minimum Gasteiger partial charge on any atom is -0.357 e. The van der Waals surface area contributed by atoms with Gasteiger partial charge in [-0.15, -0.1) is 0 Å². The molecule has 5 nitrogen and oxygen atoms in total. The summed E-state index contributed by atoms with van der Waals surface area (Å²) in [4.78, 5) is 9.25. The number of rotatable bonds is 3. The van der Waals surface area contributed by atoms with E-state index in [1.54, 1.807) is 0 Å². The topological polar surface area (TPSA) is 64.8 Å². The van der Waals surface area contributed by atoms with Crippen LogP contribution in [0.25, 0.3) is 11.3 Å². The quantitative estimate of drug-likeness (QED) is 0.816. The Morgan fingerprint density at radius 3 is 2.41 bits per heavy atom. The van der Waals surface area contributed by atoms with Crippen molar-refractivity contribution < 1.29 is 22.0 Å². The lowest BCUT2D eigenvalue weighted by Crippen LogP contribution is -2.41. The van der Waals surface area contributed by atoms with Crippen LogP contribution < -0.4 is 10.2 Å². The molecule has 0 unspecified atom stereocenters. The number of nitriles is 1. The molecule has 1 aromatic carbocycles. The molecule has 1 aliphatic rings. The summed E-state index contributed by atoms with van der Waals surface area (Å²) in [5.74, 6) is -2.13. The lowest BCUT2D eigenvalue weighted by atomic mass is 10.1. The first-order valence-corrected chi connectivity index (χ1v) is 8.04. The summed E-state index contributed by atoms with van der Waals surface area (Å²) in [6.45, 7) is 0.153. The number of halogens is 5. The summed E-state index contributed by atoms with van der Waals surface area (Å²) in [6, 6.07) is 2.82. The van der Waals surface area contributed by atoms with Gasteiger partial charge in [-0.25, -0.2) is 13.8 Å². The first kappa shape index (κ1) is 18.8. The van der Waals surface area contributed by atoms with Gasteiger partial charge in [-0.3, -0.25) is 0 Å². The SMILES string of the molecule is CNc1nc(-c2cc(F)c(C#N)c(F)c2)cc(N2CCC[C@H]2C(F)(F)F)n1. The van der Waals surface area contributed by atoms with Crippen molar-refractivity contribution in [3.05, 3.63) is 35.4 Å². The van der Waals surface area contributed by atoms with Gasteiger partial charge in [-0.1, -0.05) is 0 Å². The van der Waals surface area contributed by atoms with Crippen LogP contribution in [0.5, 0.6) is 0 Å². The molecule has 2 heterocycles. The Balaban J connectivity index is 2.09. The molecule has 0 spiro atoms. The third kappa shape index (κ3) is 3.63. The van der Waals surface area contributed by atoms with Crippen LogP contribution in [-0.2, 0) is 0 Å². The molecule has 27 heavy (non-hydrogen) atoms. The van der Waals surface area contributed by atoms with E-state index in [0.717, 1.165) is 17.0 Å². The van der Waals surface area contributed by atoms with Crippen molar-refractivity contribution in [3.8, 4) is 17.3 Å². The Kier molecular flexibility index (Phi) is 4.87. The van der Waals surface area contributed by atoms with Crippen LogP contribution in [0.1, 0.15) is 18.4 Å². The van der Waals surface area contributed by atoms with Crippen LogP contribution in [0.15, 0.2) is 18.2 Å². The molecule has 10 heteroatoms. The lowest BCUT2D eigenvalue weighted by Gasteiger charge is -2.28. The van der Waals surface area contributed by atoms with Crippen molar-refractivity contribution in [2.75, 3.05) is 23.8 Å². The molecule has 1 aromatic heterocycles. The van der Waals surface area contributed by atoms with E-state index in [1.165, 1.54) is 19.2 Å². The first-order chi connectivity index (χ1) is 12.7. The maximum absolute atomic E-state index is 13.9. The van der Waals surface area contributed by atoms with Crippen molar-refractivity contribution in [1.82, 2.24) is 9.97 Å². The smallest absolute Gasteiger partial charge is 0.357 e. The van der Waals surface area contributed by atoms with E-state index in [2.05, 4.69) is 15.3 Å². The number of benzene rings is 1. The van der Waals surface area contributed by atoms with Crippen LogP contribution in [0.4, 0.5) is 33.7 Å². The molecule has 2 aromatic rings. The minimum absolute atomic E-state index is 0.00749. The highest BCUT2D eigenvalue weighted by atomic mass is 19.4. The van der Waals surface area contributed by atoms with Crippen molar-refractivity contribution >= 4 is 11.8 Å². The molecular formula is C17H14F5N5. The molecule has 0 radical (unpaired) electrons. The van der Waals surface area contributed by atoms with Crippen LogP contribution in [0.2, 0.25) is 0 Å². The van der Waals surface area contributed by atoms with E-state index < -0.39 is 29.4 Å². The van der Waals surface area contributed by atoms with Gasteiger partial charge in [0.15, 0.2) is 0 Å². The summed E-state index contributed by atoms with van der Waals surface area (Å²) < 4.78 is 67.6. The number of anilines is 2. The molecule has 3 rings (SSSR count). The zero-order valence-corrected chi connectivity index (χ0v) is 14.1. The third-order valence-corrected chi connectivity index (χ3v) is 4.31. The van der Waals surface area contributed by atoms with Gasteiger partial charge < -0.3 is 10.2 Å². The summed E-state index contributed by atoms with van der Waals surface area (Å²) >= 11 is 0. The van der Waals surface area contributed by atoms with E-state index in [9.17, 15) is 22.0 Å². The van der Waals surface area contributed by atoms with E-state index in [4.69, 9.17) is 5.26 Å². The fourth-order valence-corrected chi connectivity index (χ4v) is 3.05. The largest absolute Gasteiger partial charge is 0.408 e. The average Bonchev–Trinajstić information content (AvgIpc) is 3.11. The van der Waals surface area contributed by atoms with Gasteiger partial charge in [-0.2, -0.15) is 23.4 Å². The fraction of sp³-hybridized carbons (Fsp3) is 0.353. The van der Waals surface area contributed by atoms with Crippen molar-refractivity contribution in [2.45, 2.75) is 25.1 Å². The maximum atomic E-state index is 13.9. The number of hydrogen-bond acceptors (Lipinski definition) is 5. The highest BCUT2D eigenvalue weighted by Crippen LogP contribution is 2.36. The van der Waals surface area contributed by atoms with E-state index in [-0.39, 0.29) is 36.0 Å². The van der Waals surface area contributed by atoms with Gasteiger partial charge in [0.1, 0.15) is 35.1 Å². The number of aromatic nitrogens is 2. The first-order valence-electron chi connectivity index (χ1n) is 8.04. The Hall–Kier alpha value is -2.96. The van der Waals surface area contributed by atoms with E-state index >= 15 is 0 Å². The van der Waals surface area contributed by atoms with E-state index in [0.29, 0.717) is 6.42 Å². The molecule has 0 saturated carbocycles. The fourth-order valence-electron chi connectivity index (χ4n) is 3.05. The standard InChI is InChI=1S/C17H14F5N5/c1-24-16-25-13(9-5-11(18)10(8-23)12(19)6-9)7-15(26-16)27-4-2-3-14(27)17(20,21)22/h5-7,14H,2-4H2,1H3,(H,24,25,26)/t14-/m0/s1. The Labute approximate surface area is 151 Å². The second-order valence-corrected chi connectivity index (χ2v) is 6.00. The lowest BCUT2D eigenvalue weighted by molar-refractivity contribution is -0.146. The third-order valence-electron chi connectivity index (χ3n) is 4.31. The second kappa shape index (κ2) is 6.98. The van der Waals surface area contributed by atoms with Crippen LogP contribution in [-0.4, -0.2) is 35.8 Å². The maximum Gasteiger partial charge on any atom is 0.408 e. The van der Waals surface area contributed by atoms with Crippen LogP contribution in [0.3, 0.4) is 0 Å². The number of hydrogen-bond donors (Lipinski definition) is 1. The summed E-state index contributed by atoms with van der Waals surface area (Å²) in [7, 11) is 1.48. The predicted molar refractivity (Wildman–Crippen MR) is 88.1 cm³/mol. The zero-order valence-electron chi connectivity index (χ0n) is 14.1. The van der Waals surface area contributed by atoms with Gasteiger partial charge in [0, 0.05) is 25.2 Å². The Morgan fingerprint density at radius 1 is 1.19 bits per heavy atom. The molecule has 1 N–H and O–H groups in total. The van der Waals surface area contributed by atoms with Gasteiger partial charge in [0.2, 0.25) is 5.95 Å². The number of alkyl halides is 3. The average molecular weight is 383 g/mol. The summed E-state index contributed by atoms with van der Waals surface area (Å²) in [5.41, 5.74) is -0.704. The van der Waals surface area contributed by atoms with Gasteiger partial charge >= 0.3 is 6.18 Å². The van der Waals surface area contributed by atoms with Gasteiger partial charge in [0.25, 0.3) is 0 Å². The number of nitrogens with zero attached hydrogens (tertiary/aromatic N) is 4. The highest BCUT2D eigenvalue weighted by molar-refractivity contribution is 5.66. The van der Waals surface area contributed by atoms with Crippen LogP contribution >= 0.6 is 0 Å². The molecule has 1 fully saturated rings. The van der Waals surface area contributed by atoms with Gasteiger partial charge in [-0.05, 0) is 25.0 Å². The Bertz CT molecular complexity index is 883. The molecule has 1 aliphatic heterocycles. The molecule has 0 amide bonds. The molecule has 1 saturated heterocycles. The summed E-state index contributed by atoms with van der Waals surface area (Å²) in [6.07, 6.45) is -4.13.